The fourth-order valence-corrected chi connectivity index (χ4v) is 0. The van der Waals surface area contributed by atoms with E-state index in [2.05, 4.69) is 17.0 Å². The molecule has 0 fully saturated rings. The van der Waals surface area contributed by atoms with Gasteiger partial charge in [-0.15, -0.1) is 0 Å². The van der Waals surface area contributed by atoms with Crippen LogP contribution in [0.25, 0.3) is 0 Å². The van der Waals surface area contributed by atoms with Gasteiger partial charge in [-0.05, 0) is 32.9 Å². The van der Waals surface area contributed by atoms with E-state index in [1.165, 1.54) is 0 Å². The normalized spacial score (nSPS) is 7.00. The number of hydrogen-bond donors (Lipinski definition) is 1. The number of nitrogens with zero attached hydrogens (tertiary/aromatic N) is 1. The highest BCUT2D eigenvalue weighted by Crippen LogP contribution is 1.47. The molecule has 0 aliphatic carbocycles. The van der Waals surface area contributed by atoms with Crippen LogP contribution in [0.2, 0.25) is 0 Å². The van der Waals surface area contributed by atoms with Gasteiger partial charge in [0.05, 0.1) is 0 Å². The lowest BCUT2D eigenvalue weighted by Crippen LogP contribution is -1.99. The van der Waals surface area contributed by atoms with E-state index in [1.807, 2.05) is 26.0 Å². The van der Waals surface area contributed by atoms with Gasteiger partial charge in [0.25, 0.3) is 0 Å². The van der Waals surface area contributed by atoms with E-state index in [-0.39, 0.29) is 0 Å². The van der Waals surface area contributed by atoms with Crippen molar-refractivity contribution in [2.24, 2.45) is 5.25 Å². The fourth-order valence-electron chi connectivity index (χ4n) is 0. The third-order valence-corrected chi connectivity index (χ3v) is 0. The molecule has 0 rings (SSSR count). The van der Waals surface area contributed by atoms with E-state index in [4.69, 9.17) is 0 Å². The Morgan fingerprint density at radius 2 is 1.17 bits per heavy atom. The van der Waals surface area contributed by atoms with Crippen molar-refractivity contribution >= 4 is 11.8 Å². The molecule has 0 saturated carbocycles. The Morgan fingerprint density at radius 3 is 1.17 bits per heavy atom. The van der Waals surface area contributed by atoms with E-state index in [0.717, 1.165) is 0 Å². The third kappa shape index (κ3) is 984. The summed E-state index contributed by atoms with van der Waals surface area (Å²) in [5, 5.41) is 3.97. The van der Waals surface area contributed by atoms with E-state index in [9.17, 15) is 0 Å². The summed E-state index contributed by atoms with van der Waals surface area (Å²) in [4.78, 5) is 2.00. The van der Waals surface area contributed by atoms with Crippen LogP contribution in [0.5, 0.6) is 0 Å². The smallest absolute Gasteiger partial charge is 0.0140 e. The minimum Gasteiger partial charge on any atom is -0.312 e. The molecule has 0 aromatic rings. The van der Waals surface area contributed by atoms with Crippen molar-refractivity contribution in [1.29, 1.82) is 0 Å². The maximum absolute atomic E-state index is 4.14. The van der Waals surface area contributed by atoms with Crippen molar-refractivity contribution in [2.75, 3.05) is 21.1 Å². The summed E-state index contributed by atoms with van der Waals surface area (Å²) < 4.78 is 0. The second kappa shape index (κ2) is 8.96. The van der Waals surface area contributed by atoms with Crippen LogP contribution in [-0.2, 0) is 0 Å². The van der Waals surface area contributed by atoms with Crippen LogP contribution in [0.15, 0.2) is 0 Å². The summed E-state index contributed by atoms with van der Waals surface area (Å²) in [7, 11) is 6.00. The standard InChI is InChI=1S/C3H9N.ClH2N/c1-4(2)3;1-2/h1-3H3;2H2. The largest absolute Gasteiger partial charge is 0.312 e. The highest BCUT2D eigenvalue weighted by molar-refractivity contribution is 6.11. The molecule has 3 heteroatoms. The first kappa shape index (κ1) is 9.51. The maximum Gasteiger partial charge on any atom is -0.0140 e. The zero-order chi connectivity index (χ0) is 5.58. The highest BCUT2D eigenvalue weighted by atomic mass is 35.5. The molecule has 0 aliphatic heterocycles. The third-order valence-electron chi connectivity index (χ3n) is 0. The van der Waals surface area contributed by atoms with Crippen LogP contribution in [0.4, 0.5) is 0 Å². The molecule has 0 unspecified atom stereocenters. The molecule has 0 amide bonds. The van der Waals surface area contributed by atoms with Crippen molar-refractivity contribution in [3.63, 3.8) is 0 Å². The van der Waals surface area contributed by atoms with Gasteiger partial charge in [-0.25, -0.2) is 5.25 Å². The molecule has 0 radical (unpaired) electrons. The van der Waals surface area contributed by atoms with Crippen molar-refractivity contribution in [3.05, 3.63) is 0 Å². The molecule has 0 aromatic carbocycles. The fraction of sp³-hybridized carbons (Fsp3) is 1.00. The van der Waals surface area contributed by atoms with Crippen molar-refractivity contribution in [3.8, 4) is 0 Å². The highest BCUT2D eigenvalue weighted by Gasteiger charge is 1.58. The molecule has 2 N–H and O–H groups in total. The molecule has 0 saturated heterocycles. The second-order valence-corrected chi connectivity index (χ2v) is 1.34. The van der Waals surface area contributed by atoms with Crippen LogP contribution >= 0.6 is 11.8 Å². The molecule has 2 nitrogen and oxygen atoms in total. The Labute approximate surface area is 44.0 Å². The maximum atomic E-state index is 4.14. The quantitative estimate of drug-likeness (QED) is 0.454. The van der Waals surface area contributed by atoms with Crippen molar-refractivity contribution < 1.29 is 0 Å². The summed E-state index contributed by atoms with van der Waals surface area (Å²) >= 11 is 4.14. The van der Waals surface area contributed by atoms with E-state index in [0.29, 0.717) is 0 Å². The molecule has 0 spiro atoms. The van der Waals surface area contributed by atoms with E-state index >= 15 is 0 Å². The van der Waals surface area contributed by atoms with Crippen LogP contribution in [0.1, 0.15) is 0 Å². The molecule has 0 heterocycles. The minimum absolute atomic E-state index is 2.00. The number of hydrogen-bond acceptors (Lipinski definition) is 2. The number of halogens is 1. The van der Waals surface area contributed by atoms with Crippen molar-refractivity contribution in [1.82, 2.24) is 4.90 Å². The predicted molar refractivity (Wildman–Crippen MR) is 29.7 cm³/mol. The predicted octanol–water partition coefficient (Wildman–Crippen LogP) is 0.277. The molecule has 0 aromatic heterocycles. The van der Waals surface area contributed by atoms with Crippen LogP contribution in [0.3, 0.4) is 0 Å². The van der Waals surface area contributed by atoms with Gasteiger partial charge in [-0.1, -0.05) is 0 Å². The monoisotopic (exact) mass is 110 g/mol. The molecular formula is C3H11ClN2. The van der Waals surface area contributed by atoms with E-state index < -0.39 is 0 Å². The first-order chi connectivity index (χ1) is 2.73. The Bertz CT molecular complexity index is 13.5. The zero-order valence-electron chi connectivity index (χ0n) is 4.40. The summed E-state index contributed by atoms with van der Waals surface area (Å²) in [6, 6.07) is 0. The van der Waals surface area contributed by atoms with Crippen LogP contribution < -0.4 is 5.25 Å². The molecule has 0 bridgehead atoms. The van der Waals surface area contributed by atoms with E-state index in [1.54, 1.807) is 0 Å². The SMILES string of the molecule is CN(C)C.NCl. The first-order valence-corrected chi connectivity index (χ1v) is 2.00. The minimum atomic E-state index is 2.00. The van der Waals surface area contributed by atoms with Gasteiger partial charge in [0.15, 0.2) is 0 Å². The van der Waals surface area contributed by atoms with Crippen LogP contribution in [-0.4, -0.2) is 26.0 Å². The zero-order valence-corrected chi connectivity index (χ0v) is 5.16. The lowest BCUT2D eigenvalue weighted by atomic mass is 11.0. The van der Waals surface area contributed by atoms with Gasteiger partial charge < -0.3 is 4.90 Å². The second-order valence-electron chi connectivity index (χ2n) is 1.34. The summed E-state index contributed by atoms with van der Waals surface area (Å²) in [5.41, 5.74) is 0. The Hall–Kier alpha value is 0.210. The Morgan fingerprint density at radius 1 is 1.17 bits per heavy atom. The van der Waals surface area contributed by atoms with Gasteiger partial charge in [0.2, 0.25) is 0 Å². The Balaban J connectivity index is 0. The van der Waals surface area contributed by atoms with Gasteiger partial charge in [-0.3, -0.25) is 0 Å². The molecule has 6 heavy (non-hydrogen) atoms. The lowest BCUT2D eigenvalue weighted by molar-refractivity contribution is 0.505. The molecular weight excluding hydrogens is 99.5 g/mol. The number of rotatable bonds is 0. The average Bonchev–Trinajstić information content (AvgIpc) is 1.41. The summed E-state index contributed by atoms with van der Waals surface area (Å²) in [6.07, 6.45) is 0. The Kier molecular flexibility index (Phi) is 14.2. The summed E-state index contributed by atoms with van der Waals surface area (Å²) in [6.45, 7) is 0. The first-order valence-electron chi connectivity index (χ1n) is 1.56. The van der Waals surface area contributed by atoms with Gasteiger partial charge in [0.1, 0.15) is 0 Å². The topological polar surface area (TPSA) is 29.3 Å². The molecule has 0 aliphatic rings. The van der Waals surface area contributed by atoms with Gasteiger partial charge in [-0.2, -0.15) is 0 Å². The van der Waals surface area contributed by atoms with Gasteiger partial charge >= 0.3 is 0 Å². The van der Waals surface area contributed by atoms with Crippen molar-refractivity contribution in [2.45, 2.75) is 0 Å². The average molecular weight is 111 g/mol. The van der Waals surface area contributed by atoms with Gasteiger partial charge in [0, 0.05) is 0 Å². The lowest BCUT2D eigenvalue weighted by Gasteiger charge is -1.90. The van der Waals surface area contributed by atoms with Crippen LogP contribution in [0, 0.1) is 0 Å². The molecule has 0 atom stereocenters. The molecule has 40 valence electrons. The summed E-state index contributed by atoms with van der Waals surface area (Å²) in [5.74, 6) is 0. The number of nitrogens with two attached hydrogens (primary N) is 1.